The Morgan fingerprint density at radius 3 is 2.63 bits per heavy atom. The smallest absolute Gasteiger partial charge is 0.245 e. The first-order chi connectivity index (χ1) is 16.4. The molecule has 186 valence electrons. The maximum absolute atomic E-state index is 12.7. The molecule has 9 nitrogen and oxygen atoms in total. The summed E-state index contributed by atoms with van der Waals surface area (Å²) in [5.74, 6) is 0. The van der Waals surface area contributed by atoms with E-state index >= 15 is 0 Å². The number of pyridine rings is 1. The van der Waals surface area contributed by atoms with E-state index in [1.807, 2.05) is 18.5 Å². The summed E-state index contributed by atoms with van der Waals surface area (Å²) in [5.41, 5.74) is 4.35. The molecule has 0 aliphatic carbocycles. The SMILES string of the molecule is CN(CCN1CCN(c2cccnc2-c2cccc3[nH]ccc23)CC1)S(=O)(=O)c1cnn(C)c1.Cl. The molecule has 35 heavy (non-hydrogen) atoms. The van der Waals surface area contributed by atoms with Crippen LogP contribution in [0, 0.1) is 0 Å². The number of fused-ring (bicyclic) bond motifs is 1. The topological polar surface area (TPSA) is 90.4 Å². The van der Waals surface area contributed by atoms with E-state index in [0.717, 1.165) is 48.6 Å². The van der Waals surface area contributed by atoms with E-state index in [2.05, 4.69) is 50.2 Å². The monoisotopic (exact) mass is 515 g/mol. The molecule has 1 aliphatic heterocycles. The van der Waals surface area contributed by atoms with E-state index in [-0.39, 0.29) is 17.3 Å². The van der Waals surface area contributed by atoms with Crippen LogP contribution in [0.5, 0.6) is 0 Å². The number of hydrogen-bond donors (Lipinski definition) is 1. The third-order valence-corrected chi connectivity index (χ3v) is 8.28. The number of aromatic amines is 1. The molecule has 11 heteroatoms. The summed E-state index contributed by atoms with van der Waals surface area (Å²) in [6, 6.07) is 12.5. The first-order valence-electron chi connectivity index (χ1n) is 11.4. The Bertz CT molecular complexity index is 1390. The number of anilines is 1. The minimum Gasteiger partial charge on any atom is -0.367 e. The summed E-state index contributed by atoms with van der Waals surface area (Å²) < 4.78 is 28.4. The van der Waals surface area contributed by atoms with E-state index < -0.39 is 10.0 Å². The predicted molar refractivity (Wildman–Crippen MR) is 140 cm³/mol. The predicted octanol–water partition coefficient (Wildman–Crippen LogP) is 2.83. The molecule has 4 aromatic rings. The number of halogens is 1. The van der Waals surface area contributed by atoms with Crippen molar-refractivity contribution in [3.05, 3.63) is 61.2 Å². The molecule has 0 bridgehead atoms. The molecule has 3 aromatic heterocycles. The Morgan fingerprint density at radius 2 is 1.89 bits per heavy atom. The van der Waals surface area contributed by atoms with Crippen LogP contribution in [-0.2, 0) is 17.1 Å². The van der Waals surface area contributed by atoms with Gasteiger partial charge >= 0.3 is 0 Å². The van der Waals surface area contributed by atoms with Crippen LogP contribution < -0.4 is 4.90 Å². The van der Waals surface area contributed by atoms with Crippen molar-refractivity contribution < 1.29 is 8.42 Å². The zero-order valence-corrected chi connectivity index (χ0v) is 21.5. The van der Waals surface area contributed by atoms with Crippen LogP contribution in [0.2, 0.25) is 0 Å². The van der Waals surface area contributed by atoms with Gasteiger partial charge in [-0.1, -0.05) is 12.1 Å². The second kappa shape index (κ2) is 10.4. The van der Waals surface area contributed by atoms with Crippen LogP contribution in [0.3, 0.4) is 0 Å². The maximum Gasteiger partial charge on any atom is 0.245 e. The van der Waals surface area contributed by atoms with Crippen molar-refractivity contribution in [3.63, 3.8) is 0 Å². The molecular formula is C24H30ClN7O2S. The summed E-state index contributed by atoms with van der Waals surface area (Å²) in [7, 11) is -0.180. The molecule has 0 radical (unpaired) electrons. The van der Waals surface area contributed by atoms with Gasteiger partial charge in [0.15, 0.2) is 0 Å². The number of sulfonamides is 1. The van der Waals surface area contributed by atoms with Crippen molar-refractivity contribution in [3.8, 4) is 11.3 Å². The number of nitrogens with zero attached hydrogens (tertiary/aromatic N) is 6. The molecular weight excluding hydrogens is 486 g/mol. The maximum atomic E-state index is 12.7. The van der Waals surface area contributed by atoms with E-state index in [0.29, 0.717) is 13.1 Å². The van der Waals surface area contributed by atoms with Gasteiger partial charge in [0.1, 0.15) is 4.90 Å². The molecule has 0 atom stereocenters. The highest BCUT2D eigenvalue weighted by Crippen LogP contribution is 2.34. The van der Waals surface area contributed by atoms with E-state index in [4.69, 9.17) is 4.98 Å². The molecule has 0 unspecified atom stereocenters. The van der Waals surface area contributed by atoms with Crippen LogP contribution in [0.4, 0.5) is 5.69 Å². The van der Waals surface area contributed by atoms with Gasteiger partial charge in [-0.25, -0.2) is 8.42 Å². The van der Waals surface area contributed by atoms with Gasteiger partial charge in [-0.2, -0.15) is 9.40 Å². The average molecular weight is 516 g/mol. The van der Waals surface area contributed by atoms with E-state index in [1.165, 1.54) is 26.8 Å². The largest absolute Gasteiger partial charge is 0.367 e. The standard InChI is InChI=1S/C24H29N7O2S.ClH/c1-28-18-19(17-27-28)34(32,33)29(2)11-12-30-13-15-31(16-14-30)23-7-4-9-26-24(23)21-5-3-6-22-20(21)8-10-25-22;/h3-10,17-18,25H,11-16H2,1-2H3;1H. The quantitative estimate of drug-likeness (QED) is 0.407. The summed E-state index contributed by atoms with van der Waals surface area (Å²) in [5, 5.41) is 5.15. The number of benzene rings is 1. The van der Waals surface area contributed by atoms with Gasteiger partial charge in [-0.05, 0) is 24.3 Å². The minimum atomic E-state index is -3.52. The highest BCUT2D eigenvalue weighted by molar-refractivity contribution is 7.89. The zero-order chi connectivity index (χ0) is 23.7. The Hall–Kier alpha value is -2.92. The zero-order valence-electron chi connectivity index (χ0n) is 19.8. The number of aryl methyl sites for hydroxylation is 1. The summed E-state index contributed by atoms with van der Waals surface area (Å²) >= 11 is 0. The number of aromatic nitrogens is 4. The number of hydrogen-bond acceptors (Lipinski definition) is 6. The molecule has 0 spiro atoms. The van der Waals surface area contributed by atoms with Gasteiger partial charge in [0, 0.05) is 88.4 Å². The van der Waals surface area contributed by atoms with Crippen LogP contribution in [0.1, 0.15) is 0 Å². The second-order valence-electron chi connectivity index (χ2n) is 8.62. The molecule has 1 N–H and O–H groups in total. The molecule has 1 aromatic carbocycles. The lowest BCUT2D eigenvalue weighted by Gasteiger charge is -2.37. The second-order valence-corrected chi connectivity index (χ2v) is 10.7. The van der Waals surface area contributed by atoms with Gasteiger partial charge in [-0.15, -0.1) is 12.4 Å². The third-order valence-electron chi connectivity index (χ3n) is 6.47. The Morgan fingerprint density at radius 1 is 1.09 bits per heavy atom. The summed E-state index contributed by atoms with van der Waals surface area (Å²) in [6.45, 7) is 4.58. The number of piperazine rings is 1. The molecule has 1 aliphatic rings. The van der Waals surface area contributed by atoms with Gasteiger partial charge in [-0.3, -0.25) is 14.6 Å². The number of nitrogens with one attached hydrogen (secondary N) is 1. The van der Waals surface area contributed by atoms with Crippen molar-refractivity contribution in [1.82, 2.24) is 29.0 Å². The Balaban J connectivity index is 0.00000289. The molecule has 1 fully saturated rings. The molecule has 1 saturated heterocycles. The van der Waals surface area contributed by atoms with Crippen LogP contribution in [-0.4, -0.2) is 83.7 Å². The molecule has 0 amide bonds. The highest BCUT2D eigenvalue weighted by Gasteiger charge is 2.25. The number of likely N-dealkylation sites (N-methyl/N-ethyl adjacent to an activating group) is 1. The van der Waals surface area contributed by atoms with Gasteiger partial charge in [0.2, 0.25) is 10.0 Å². The van der Waals surface area contributed by atoms with Crippen molar-refractivity contribution >= 4 is 39.0 Å². The van der Waals surface area contributed by atoms with E-state index in [9.17, 15) is 8.42 Å². The lowest BCUT2D eigenvalue weighted by molar-refractivity contribution is 0.244. The van der Waals surface area contributed by atoms with Crippen molar-refractivity contribution in [2.45, 2.75) is 4.90 Å². The lowest BCUT2D eigenvalue weighted by Crippen LogP contribution is -2.48. The van der Waals surface area contributed by atoms with Crippen LogP contribution in [0.15, 0.2) is 66.1 Å². The fourth-order valence-electron chi connectivity index (χ4n) is 4.48. The van der Waals surface area contributed by atoms with Crippen LogP contribution in [0.25, 0.3) is 22.2 Å². The van der Waals surface area contributed by atoms with Crippen molar-refractivity contribution in [2.75, 3.05) is 51.2 Å². The van der Waals surface area contributed by atoms with Gasteiger partial charge in [0.05, 0.1) is 17.6 Å². The molecule has 0 saturated carbocycles. The van der Waals surface area contributed by atoms with E-state index in [1.54, 1.807) is 14.1 Å². The van der Waals surface area contributed by atoms with Crippen LogP contribution >= 0.6 is 12.4 Å². The third kappa shape index (κ3) is 5.06. The summed E-state index contributed by atoms with van der Waals surface area (Å²) in [4.78, 5) is 12.9. The Labute approximate surface area is 211 Å². The molecule has 4 heterocycles. The minimum absolute atomic E-state index is 0. The lowest BCUT2D eigenvalue weighted by atomic mass is 10.0. The highest BCUT2D eigenvalue weighted by atomic mass is 35.5. The first kappa shape index (κ1) is 25.2. The van der Waals surface area contributed by atoms with Crippen molar-refractivity contribution in [1.29, 1.82) is 0 Å². The van der Waals surface area contributed by atoms with Gasteiger partial charge < -0.3 is 9.88 Å². The Kier molecular flexibility index (Phi) is 7.46. The average Bonchev–Trinajstić information content (AvgIpc) is 3.52. The first-order valence-corrected chi connectivity index (χ1v) is 12.8. The summed E-state index contributed by atoms with van der Waals surface area (Å²) in [6.07, 6.45) is 6.73. The van der Waals surface area contributed by atoms with Gasteiger partial charge in [0.25, 0.3) is 0 Å². The van der Waals surface area contributed by atoms with Crippen molar-refractivity contribution in [2.24, 2.45) is 7.05 Å². The normalized spacial score (nSPS) is 15.0. The number of rotatable bonds is 7. The fourth-order valence-corrected chi connectivity index (χ4v) is 5.63. The fraction of sp³-hybridized carbons (Fsp3) is 0.333. The number of H-pyrrole nitrogens is 1. The molecule has 5 rings (SSSR count).